The lowest BCUT2D eigenvalue weighted by atomic mass is 9.87. The highest BCUT2D eigenvalue weighted by Gasteiger charge is 2.20. The molecule has 0 atom stereocenters. The van der Waals surface area contributed by atoms with E-state index in [0.717, 1.165) is 60.3 Å². The summed E-state index contributed by atoms with van der Waals surface area (Å²) in [5.74, 6) is 0.281. The monoisotopic (exact) mass is 606 g/mol. The molecule has 1 aliphatic heterocycles. The third-order valence-corrected chi connectivity index (χ3v) is 7.46. The Morgan fingerprint density at radius 1 is 0.825 bits per heavy atom. The third kappa shape index (κ3) is 8.98. The number of nitrogens with zero attached hydrogens (tertiary/aromatic N) is 2. The summed E-state index contributed by atoms with van der Waals surface area (Å²) in [6, 6.07) is 26.7. The maximum Gasteiger partial charge on any atom is 0.306 e. The van der Waals surface area contributed by atoms with Crippen molar-refractivity contribution < 1.29 is 17.7 Å². The van der Waals surface area contributed by atoms with Gasteiger partial charge in [0.25, 0.3) is 0 Å². The summed E-state index contributed by atoms with van der Waals surface area (Å²) in [5, 5.41) is 9.66. The van der Waals surface area contributed by atoms with E-state index in [4.69, 9.17) is 4.18 Å². The summed E-state index contributed by atoms with van der Waals surface area (Å²) in [6.45, 7) is 8.74. The molecule has 0 spiro atoms. The number of hydrogen-bond donors (Lipinski definition) is 1. The first kappa shape index (κ1) is 33.7. The minimum absolute atomic E-state index is 0. The fourth-order valence-corrected chi connectivity index (χ4v) is 5.47. The van der Waals surface area contributed by atoms with Crippen molar-refractivity contribution in [3.63, 3.8) is 0 Å². The van der Waals surface area contributed by atoms with Gasteiger partial charge in [-0.15, -0.1) is 24.8 Å². The van der Waals surface area contributed by atoms with E-state index in [9.17, 15) is 13.5 Å². The Morgan fingerprint density at radius 3 is 1.88 bits per heavy atom. The second-order valence-corrected chi connectivity index (χ2v) is 11.6. The number of rotatable bonds is 10. The highest BCUT2D eigenvalue weighted by atomic mass is 35.5. The first-order valence-electron chi connectivity index (χ1n) is 13.2. The topological polar surface area (TPSA) is 70.1 Å². The van der Waals surface area contributed by atoms with Gasteiger partial charge in [0, 0.05) is 44.5 Å². The lowest BCUT2D eigenvalue weighted by Gasteiger charge is -2.38. The lowest BCUT2D eigenvalue weighted by Crippen LogP contribution is -2.48. The van der Waals surface area contributed by atoms with Gasteiger partial charge < -0.3 is 14.2 Å². The van der Waals surface area contributed by atoms with E-state index in [1.165, 1.54) is 5.69 Å². The van der Waals surface area contributed by atoms with Crippen LogP contribution in [0.25, 0.3) is 11.1 Å². The van der Waals surface area contributed by atoms with Crippen molar-refractivity contribution in [3.05, 3.63) is 95.6 Å². The molecule has 0 radical (unpaired) electrons. The molecule has 1 saturated heterocycles. The standard InChI is InChI=1S/C31H38N2O4S.2ClH/c1-24(2)32-19-21-33(22-20-32)28-15-11-26(12-16-28)31(27-13-17-29(18-14-27)37-38(3,35)36)30(10-7-23-34)25-8-5-4-6-9-25;;/h4-6,8-9,11-18,24,34H,7,10,19-23H2,1-3H3;2*1H/b31-30+;;. The van der Waals surface area contributed by atoms with Crippen molar-refractivity contribution in [3.8, 4) is 5.75 Å². The molecule has 6 nitrogen and oxygen atoms in total. The fourth-order valence-electron chi connectivity index (χ4n) is 5.01. The summed E-state index contributed by atoms with van der Waals surface area (Å²) in [6.07, 6.45) is 2.39. The SMILES string of the molecule is CC(C)N1CCN(c2ccc(/C(=C(/CCCO)c3ccccc3)c3ccc(OS(C)(=O)=O)cc3)cc2)CC1.Cl.Cl. The van der Waals surface area contributed by atoms with Crippen LogP contribution in [0.5, 0.6) is 5.75 Å². The van der Waals surface area contributed by atoms with Crippen molar-refractivity contribution in [1.29, 1.82) is 0 Å². The number of halogens is 2. The molecule has 9 heteroatoms. The molecule has 3 aromatic rings. The summed E-state index contributed by atoms with van der Waals surface area (Å²) < 4.78 is 28.3. The lowest BCUT2D eigenvalue weighted by molar-refractivity contribution is 0.209. The van der Waals surface area contributed by atoms with Gasteiger partial charge >= 0.3 is 10.1 Å². The molecule has 4 rings (SSSR count). The highest BCUT2D eigenvalue weighted by molar-refractivity contribution is 7.86. The minimum atomic E-state index is -3.61. The number of allylic oxidation sites excluding steroid dienone is 1. The molecule has 0 unspecified atom stereocenters. The smallest absolute Gasteiger partial charge is 0.306 e. The number of piperazine rings is 1. The second-order valence-electron chi connectivity index (χ2n) is 10.0. The minimum Gasteiger partial charge on any atom is -0.396 e. The molecular weight excluding hydrogens is 567 g/mol. The molecule has 1 fully saturated rings. The Bertz CT molecular complexity index is 1320. The van der Waals surface area contributed by atoms with E-state index in [0.29, 0.717) is 18.9 Å². The molecule has 218 valence electrons. The van der Waals surface area contributed by atoms with Gasteiger partial charge in [-0.3, -0.25) is 4.90 Å². The number of hydrogen-bond acceptors (Lipinski definition) is 6. The van der Waals surface area contributed by atoms with Crippen LogP contribution in [0.3, 0.4) is 0 Å². The molecular formula is C31H40Cl2N2O4S. The molecule has 0 aliphatic carbocycles. The van der Waals surface area contributed by atoms with Crippen LogP contribution in [0.15, 0.2) is 78.9 Å². The highest BCUT2D eigenvalue weighted by Crippen LogP contribution is 2.36. The molecule has 0 aromatic heterocycles. The average Bonchev–Trinajstić information content (AvgIpc) is 2.91. The number of benzene rings is 3. The van der Waals surface area contributed by atoms with E-state index in [1.807, 2.05) is 30.3 Å². The molecule has 1 N–H and O–H groups in total. The summed E-state index contributed by atoms with van der Waals surface area (Å²) in [7, 11) is -3.61. The van der Waals surface area contributed by atoms with Crippen LogP contribution in [0.1, 0.15) is 43.4 Å². The van der Waals surface area contributed by atoms with Gasteiger partial charge in [0.2, 0.25) is 0 Å². The van der Waals surface area contributed by atoms with Crippen LogP contribution in [0.2, 0.25) is 0 Å². The predicted molar refractivity (Wildman–Crippen MR) is 170 cm³/mol. The fraction of sp³-hybridized carbons (Fsp3) is 0.355. The van der Waals surface area contributed by atoms with E-state index in [-0.39, 0.29) is 37.2 Å². The second kappa shape index (κ2) is 15.5. The molecule has 3 aromatic carbocycles. The van der Waals surface area contributed by atoms with Crippen LogP contribution in [-0.4, -0.2) is 63.5 Å². The number of aliphatic hydroxyl groups is 1. The first-order chi connectivity index (χ1) is 18.2. The quantitative estimate of drug-likeness (QED) is 0.221. The Balaban J connectivity index is 0.00000280. The first-order valence-corrected chi connectivity index (χ1v) is 15.1. The van der Waals surface area contributed by atoms with Gasteiger partial charge in [-0.25, -0.2) is 0 Å². The van der Waals surface area contributed by atoms with Crippen molar-refractivity contribution in [2.45, 2.75) is 32.7 Å². The Labute approximate surface area is 251 Å². The zero-order valence-electron chi connectivity index (χ0n) is 23.3. The van der Waals surface area contributed by atoms with Gasteiger partial charge in [-0.1, -0.05) is 54.6 Å². The zero-order chi connectivity index (χ0) is 27.1. The van der Waals surface area contributed by atoms with Crippen LogP contribution in [0, 0.1) is 0 Å². The molecule has 1 heterocycles. The van der Waals surface area contributed by atoms with Crippen LogP contribution in [0.4, 0.5) is 5.69 Å². The van der Waals surface area contributed by atoms with Gasteiger partial charge in [-0.05, 0) is 78.8 Å². The van der Waals surface area contributed by atoms with E-state index in [1.54, 1.807) is 12.1 Å². The third-order valence-electron chi connectivity index (χ3n) is 6.97. The molecule has 0 bridgehead atoms. The zero-order valence-corrected chi connectivity index (χ0v) is 25.8. The molecule has 0 amide bonds. The van der Waals surface area contributed by atoms with Crippen LogP contribution < -0.4 is 9.08 Å². The Kier molecular flexibility index (Phi) is 13.0. The van der Waals surface area contributed by atoms with Gasteiger partial charge in [0.05, 0.1) is 6.26 Å². The maximum absolute atomic E-state index is 11.6. The van der Waals surface area contributed by atoms with E-state index < -0.39 is 10.1 Å². The maximum atomic E-state index is 11.6. The molecule has 40 heavy (non-hydrogen) atoms. The van der Waals surface area contributed by atoms with Crippen LogP contribution in [-0.2, 0) is 10.1 Å². The van der Waals surface area contributed by atoms with Gasteiger partial charge in [0.15, 0.2) is 0 Å². The molecule has 0 saturated carbocycles. The largest absolute Gasteiger partial charge is 0.396 e. The van der Waals surface area contributed by atoms with Gasteiger partial charge in [0.1, 0.15) is 5.75 Å². The summed E-state index contributed by atoms with van der Waals surface area (Å²) in [4.78, 5) is 4.95. The molecule has 1 aliphatic rings. The van der Waals surface area contributed by atoms with Crippen LogP contribution >= 0.6 is 24.8 Å². The van der Waals surface area contributed by atoms with Crippen molar-refractivity contribution in [1.82, 2.24) is 4.90 Å². The summed E-state index contributed by atoms with van der Waals surface area (Å²) in [5.41, 5.74) is 6.54. The average molecular weight is 608 g/mol. The summed E-state index contributed by atoms with van der Waals surface area (Å²) >= 11 is 0. The van der Waals surface area contributed by atoms with E-state index in [2.05, 4.69) is 60.0 Å². The Morgan fingerprint density at radius 2 is 1.38 bits per heavy atom. The predicted octanol–water partition coefficient (Wildman–Crippen LogP) is 6.13. The van der Waals surface area contributed by atoms with Crippen molar-refractivity contribution >= 4 is 51.8 Å². The van der Waals surface area contributed by atoms with Crippen molar-refractivity contribution in [2.24, 2.45) is 0 Å². The normalized spacial score (nSPS) is 14.7. The number of aliphatic hydroxyl groups excluding tert-OH is 1. The van der Waals surface area contributed by atoms with Crippen molar-refractivity contribution in [2.75, 3.05) is 43.9 Å². The number of anilines is 1. The Hall–Kier alpha value is -2.55. The van der Waals surface area contributed by atoms with E-state index >= 15 is 0 Å². The van der Waals surface area contributed by atoms with Gasteiger partial charge in [-0.2, -0.15) is 8.42 Å².